The van der Waals surface area contributed by atoms with Crippen LogP contribution < -0.4 is 30.9 Å². The van der Waals surface area contributed by atoms with E-state index in [0.717, 1.165) is 16.7 Å². The molecule has 0 amide bonds. The third kappa shape index (κ3) is 5.41. The first-order chi connectivity index (χ1) is 17.1. The van der Waals surface area contributed by atoms with Gasteiger partial charge in [0, 0.05) is 32.5 Å². The van der Waals surface area contributed by atoms with Crippen LogP contribution in [0.4, 0.5) is 24.7 Å². The van der Waals surface area contributed by atoms with Gasteiger partial charge in [-0.1, -0.05) is 17.7 Å². The maximum absolute atomic E-state index is 13.3. The van der Waals surface area contributed by atoms with E-state index in [0.29, 0.717) is 10.7 Å². The third-order valence-corrected chi connectivity index (χ3v) is 5.53. The van der Waals surface area contributed by atoms with Gasteiger partial charge in [0.15, 0.2) is 0 Å². The number of rotatable bonds is 8. The summed E-state index contributed by atoms with van der Waals surface area (Å²) in [6.07, 6.45) is -4.36. The van der Waals surface area contributed by atoms with Crippen LogP contribution in [0.25, 0.3) is 0 Å². The van der Waals surface area contributed by atoms with Gasteiger partial charge in [-0.05, 0) is 30.7 Å². The molecule has 0 aliphatic carbocycles. The van der Waals surface area contributed by atoms with Crippen LogP contribution in [0.1, 0.15) is 12.1 Å². The highest BCUT2D eigenvalue weighted by atomic mass is 35.5. The summed E-state index contributed by atoms with van der Waals surface area (Å²) in [7, 11) is 1.46. The normalized spacial score (nSPS) is 14.9. The van der Waals surface area contributed by atoms with Crippen LogP contribution >= 0.6 is 11.6 Å². The molecule has 1 aliphatic heterocycles. The minimum absolute atomic E-state index is 0.00925. The second-order valence-electron chi connectivity index (χ2n) is 7.81. The molecule has 1 aromatic carbocycles. The van der Waals surface area contributed by atoms with Crippen LogP contribution in [0.3, 0.4) is 0 Å². The molecule has 0 bridgehead atoms. The van der Waals surface area contributed by atoms with Gasteiger partial charge in [-0.15, -0.1) is 13.2 Å². The van der Waals surface area contributed by atoms with Crippen LogP contribution in [-0.4, -0.2) is 38.5 Å². The van der Waals surface area contributed by atoms with Gasteiger partial charge in [0.1, 0.15) is 23.0 Å². The zero-order valence-corrected chi connectivity index (χ0v) is 19.6. The van der Waals surface area contributed by atoms with Crippen molar-refractivity contribution in [2.24, 2.45) is 7.05 Å². The Balaban J connectivity index is 1.74. The average Bonchev–Trinajstić information content (AvgIpc) is 3.16. The summed E-state index contributed by atoms with van der Waals surface area (Å²) in [5.74, 6) is -0.311. The maximum atomic E-state index is 13.3. The van der Waals surface area contributed by atoms with E-state index in [1.165, 1.54) is 34.8 Å². The molecule has 3 aromatic rings. The fourth-order valence-corrected chi connectivity index (χ4v) is 3.83. The fraction of sp³-hybridized carbons (Fsp3) is 0.318. The molecule has 36 heavy (non-hydrogen) atoms. The van der Waals surface area contributed by atoms with Gasteiger partial charge >= 0.3 is 12.1 Å². The van der Waals surface area contributed by atoms with E-state index < -0.39 is 29.7 Å². The Kier molecular flexibility index (Phi) is 7.13. The number of hydrogen-bond acceptors (Lipinski definition) is 8. The van der Waals surface area contributed by atoms with Gasteiger partial charge in [0.05, 0.1) is 17.3 Å². The Morgan fingerprint density at radius 1 is 1.19 bits per heavy atom. The lowest BCUT2D eigenvalue weighted by Crippen LogP contribution is -2.43. The smallest absolute Gasteiger partial charge is 0.452 e. The van der Waals surface area contributed by atoms with Gasteiger partial charge in [-0.3, -0.25) is 18.9 Å². The van der Waals surface area contributed by atoms with Crippen molar-refractivity contribution in [2.45, 2.75) is 32.2 Å². The molecule has 3 heterocycles. The number of aliphatic hydroxyl groups excluding tert-OH is 1. The van der Waals surface area contributed by atoms with Crippen LogP contribution in [-0.2, 0) is 20.1 Å². The monoisotopic (exact) mass is 527 g/mol. The first-order valence-corrected chi connectivity index (χ1v) is 11.1. The SMILES string of the molecule is Cn1c2c(c(=O)n(CCCO)c1=O)N(Cc1ccc(Cl)cn1)C(Oc1cccc(OC(F)(F)F)c1)N2. The van der Waals surface area contributed by atoms with Gasteiger partial charge < -0.3 is 24.8 Å². The summed E-state index contributed by atoms with van der Waals surface area (Å²) in [6, 6.07) is 8.17. The predicted molar refractivity (Wildman–Crippen MR) is 124 cm³/mol. The number of nitrogens with one attached hydrogen (secondary N) is 1. The van der Waals surface area contributed by atoms with Gasteiger partial charge in [0.25, 0.3) is 11.9 Å². The third-order valence-electron chi connectivity index (χ3n) is 5.30. The number of benzene rings is 1. The number of ether oxygens (including phenoxy) is 2. The van der Waals surface area contributed by atoms with Crippen molar-refractivity contribution in [1.29, 1.82) is 0 Å². The second-order valence-corrected chi connectivity index (χ2v) is 8.24. The lowest BCUT2D eigenvalue weighted by molar-refractivity contribution is -0.274. The predicted octanol–water partition coefficient (Wildman–Crippen LogP) is 2.67. The maximum Gasteiger partial charge on any atom is 0.573 e. The average molecular weight is 528 g/mol. The molecule has 1 unspecified atom stereocenters. The minimum atomic E-state index is -4.88. The Morgan fingerprint density at radius 2 is 1.94 bits per heavy atom. The molecule has 4 rings (SSSR count). The summed E-state index contributed by atoms with van der Waals surface area (Å²) in [5.41, 5.74) is -0.625. The lowest BCUT2D eigenvalue weighted by Gasteiger charge is -2.26. The molecule has 0 spiro atoms. The lowest BCUT2D eigenvalue weighted by atomic mass is 10.3. The van der Waals surface area contributed by atoms with Gasteiger partial charge in [-0.2, -0.15) is 0 Å². The summed E-state index contributed by atoms with van der Waals surface area (Å²) in [4.78, 5) is 31.9. The molecule has 0 radical (unpaired) electrons. The highest BCUT2D eigenvalue weighted by molar-refractivity contribution is 6.30. The van der Waals surface area contributed by atoms with E-state index in [4.69, 9.17) is 16.3 Å². The van der Waals surface area contributed by atoms with E-state index in [2.05, 4.69) is 15.0 Å². The quantitative estimate of drug-likeness (QED) is 0.460. The van der Waals surface area contributed by atoms with E-state index in [-0.39, 0.29) is 43.4 Å². The topological polar surface area (TPSA) is 111 Å². The zero-order valence-electron chi connectivity index (χ0n) is 18.8. The van der Waals surface area contributed by atoms with Crippen LogP contribution in [0.5, 0.6) is 11.5 Å². The van der Waals surface area contributed by atoms with E-state index in [1.54, 1.807) is 12.1 Å². The van der Waals surface area contributed by atoms with Crippen molar-refractivity contribution in [1.82, 2.24) is 14.1 Å². The Morgan fingerprint density at radius 3 is 2.61 bits per heavy atom. The number of pyridine rings is 1. The zero-order chi connectivity index (χ0) is 26.0. The molecule has 0 saturated heterocycles. The molecular weight excluding hydrogens is 507 g/mol. The molecule has 2 N–H and O–H groups in total. The standard InChI is InChI=1S/C22H21ClF3N5O5/c1-29-18-17(19(33)30(21(29)34)8-3-9-32)31(12-14-7-6-13(23)11-27-14)20(28-18)35-15-4-2-5-16(10-15)36-22(24,25)26/h2,4-7,10-11,20,28,32H,3,8-9,12H2,1H3. The highest BCUT2D eigenvalue weighted by Gasteiger charge is 2.37. The van der Waals surface area contributed by atoms with Crippen molar-refractivity contribution in [3.8, 4) is 11.5 Å². The number of alkyl halides is 3. The molecule has 14 heteroatoms. The number of anilines is 2. The molecular formula is C22H21ClF3N5O5. The molecule has 0 fully saturated rings. The number of nitrogens with zero attached hydrogens (tertiary/aromatic N) is 4. The number of halogens is 4. The number of aliphatic hydroxyl groups is 1. The van der Waals surface area contributed by atoms with Crippen molar-refractivity contribution in [2.75, 3.05) is 16.8 Å². The molecule has 1 aliphatic rings. The second kappa shape index (κ2) is 10.1. The molecule has 2 aromatic heterocycles. The first kappa shape index (κ1) is 25.4. The van der Waals surface area contributed by atoms with Crippen molar-refractivity contribution in [3.05, 3.63) is 74.1 Å². The summed E-state index contributed by atoms with van der Waals surface area (Å²) >= 11 is 5.92. The molecule has 0 saturated carbocycles. The van der Waals surface area contributed by atoms with Crippen molar-refractivity contribution >= 4 is 23.1 Å². The number of aromatic nitrogens is 3. The van der Waals surface area contributed by atoms with E-state index >= 15 is 0 Å². The van der Waals surface area contributed by atoms with E-state index in [9.17, 15) is 27.9 Å². The summed E-state index contributed by atoms with van der Waals surface area (Å²) in [6.45, 7) is -0.190. The fourth-order valence-electron chi connectivity index (χ4n) is 3.72. The Hall–Kier alpha value is -3.71. The largest absolute Gasteiger partial charge is 0.573 e. The van der Waals surface area contributed by atoms with Crippen LogP contribution in [0, 0.1) is 0 Å². The Bertz CT molecular complexity index is 1360. The highest BCUT2D eigenvalue weighted by Crippen LogP contribution is 2.34. The number of hydrogen-bond donors (Lipinski definition) is 2. The molecule has 1 atom stereocenters. The summed E-state index contributed by atoms with van der Waals surface area (Å²) < 4.78 is 50.1. The molecule has 10 nitrogen and oxygen atoms in total. The summed E-state index contributed by atoms with van der Waals surface area (Å²) in [5, 5.41) is 12.5. The van der Waals surface area contributed by atoms with Crippen LogP contribution in [0.15, 0.2) is 52.2 Å². The first-order valence-electron chi connectivity index (χ1n) is 10.7. The molecule has 192 valence electrons. The van der Waals surface area contributed by atoms with Gasteiger partial charge in [0.2, 0.25) is 0 Å². The Labute approximate surface area is 207 Å². The van der Waals surface area contributed by atoms with Crippen molar-refractivity contribution in [3.63, 3.8) is 0 Å². The van der Waals surface area contributed by atoms with Gasteiger partial charge in [-0.25, -0.2) is 4.79 Å². The number of fused-ring (bicyclic) bond motifs is 1. The van der Waals surface area contributed by atoms with E-state index in [1.807, 2.05) is 0 Å². The van der Waals surface area contributed by atoms with Crippen molar-refractivity contribution < 1.29 is 27.8 Å². The minimum Gasteiger partial charge on any atom is -0.452 e. The van der Waals surface area contributed by atoms with Crippen LogP contribution in [0.2, 0.25) is 5.02 Å².